The summed E-state index contributed by atoms with van der Waals surface area (Å²) in [5, 5.41) is 10.9. The normalized spacial score (nSPS) is 21.4. The fraction of sp³-hybridized carbons (Fsp3) is 0.667. The number of carbonyl (C=O) groups excluding carboxylic acids is 2. The summed E-state index contributed by atoms with van der Waals surface area (Å²) in [6, 6.07) is -1.57. The highest BCUT2D eigenvalue weighted by Crippen LogP contribution is 2.16. The molecule has 0 aliphatic carbocycles. The number of urea groups is 1. The molecule has 1 aliphatic rings. The van der Waals surface area contributed by atoms with E-state index in [1.54, 1.807) is 4.90 Å². The smallest absolute Gasteiger partial charge is 0.320 e. The zero-order chi connectivity index (χ0) is 12.1. The van der Waals surface area contributed by atoms with Crippen molar-refractivity contribution in [1.29, 1.82) is 0 Å². The second-order valence-electron chi connectivity index (χ2n) is 3.73. The van der Waals surface area contributed by atoms with E-state index in [1.807, 2.05) is 5.32 Å². The lowest BCUT2D eigenvalue weighted by molar-refractivity contribution is -0.145. The highest BCUT2D eigenvalue weighted by atomic mass is 16.4. The summed E-state index contributed by atoms with van der Waals surface area (Å²) in [7, 11) is 0. The van der Waals surface area contributed by atoms with Gasteiger partial charge < -0.3 is 10.8 Å². The highest BCUT2D eigenvalue weighted by Gasteiger charge is 2.29. The lowest BCUT2D eigenvalue weighted by Crippen LogP contribution is -2.50. The van der Waals surface area contributed by atoms with E-state index >= 15 is 0 Å². The van der Waals surface area contributed by atoms with Gasteiger partial charge in [-0.25, -0.2) is 4.79 Å². The van der Waals surface area contributed by atoms with Crippen LogP contribution in [0.4, 0.5) is 4.79 Å². The minimum atomic E-state index is -0.938. The number of amides is 3. The number of primary amides is 1. The van der Waals surface area contributed by atoms with Gasteiger partial charge >= 0.3 is 12.0 Å². The molecule has 0 aromatic heterocycles. The Morgan fingerprint density at radius 1 is 1.38 bits per heavy atom. The average Bonchev–Trinajstić information content (AvgIpc) is 2.16. The van der Waals surface area contributed by atoms with Crippen molar-refractivity contribution in [2.45, 2.75) is 25.3 Å². The molecule has 4 N–H and O–H groups in total. The van der Waals surface area contributed by atoms with E-state index in [1.165, 1.54) is 0 Å². The quantitative estimate of drug-likeness (QED) is 0.581. The molecule has 7 heteroatoms. The first-order valence-electron chi connectivity index (χ1n) is 5.07. The van der Waals surface area contributed by atoms with Gasteiger partial charge in [-0.3, -0.25) is 19.8 Å². The monoisotopic (exact) mass is 229 g/mol. The minimum absolute atomic E-state index is 0.111. The topological polar surface area (TPSA) is 113 Å². The molecule has 0 aromatic rings. The van der Waals surface area contributed by atoms with Crippen molar-refractivity contribution in [2.75, 3.05) is 13.1 Å². The molecule has 1 atom stereocenters. The Kier molecular flexibility index (Phi) is 4.24. The number of nitrogens with zero attached hydrogens (tertiary/aromatic N) is 1. The molecule has 90 valence electrons. The molecule has 1 aliphatic heterocycles. The van der Waals surface area contributed by atoms with E-state index in [4.69, 9.17) is 10.8 Å². The first kappa shape index (κ1) is 12.4. The second-order valence-corrected chi connectivity index (χ2v) is 3.73. The van der Waals surface area contributed by atoms with E-state index in [9.17, 15) is 14.4 Å². The number of carboxylic acids is 1. The Hall–Kier alpha value is -1.63. The molecule has 0 bridgehead atoms. The van der Waals surface area contributed by atoms with Gasteiger partial charge in [-0.1, -0.05) is 6.42 Å². The fourth-order valence-corrected chi connectivity index (χ4v) is 1.82. The van der Waals surface area contributed by atoms with Crippen LogP contribution in [0.25, 0.3) is 0 Å². The number of aliphatic carboxylic acids is 1. The Morgan fingerprint density at radius 3 is 2.62 bits per heavy atom. The lowest BCUT2D eigenvalue weighted by atomic mass is 10.0. The summed E-state index contributed by atoms with van der Waals surface area (Å²) in [6.45, 7) is 0.434. The number of imide groups is 1. The van der Waals surface area contributed by atoms with Gasteiger partial charge in [-0.15, -0.1) is 0 Å². The van der Waals surface area contributed by atoms with Crippen LogP contribution in [0.15, 0.2) is 0 Å². The van der Waals surface area contributed by atoms with Crippen molar-refractivity contribution < 1.29 is 19.5 Å². The lowest BCUT2D eigenvalue weighted by Gasteiger charge is -2.31. The van der Waals surface area contributed by atoms with Crippen molar-refractivity contribution in [1.82, 2.24) is 10.2 Å². The summed E-state index contributed by atoms with van der Waals surface area (Å²) in [5.74, 6) is -1.51. The fourth-order valence-electron chi connectivity index (χ4n) is 1.82. The molecule has 0 saturated carbocycles. The molecule has 0 radical (unpaired) electrons. The number of nitrogens with two attached hydrogens (primary N) is 1. The third kappa shape index (κ3) is 3.50. The van der Waals surface area contributed by atoms with E-state index < -0.39 is 23.9 Å². The number of hydrogen-bond acceptors (Lipinski definition) is 4. The SMILES string of the molecule is NC(=O)NC(=O)CN1CCCCC1C(=O)O. The molecular weight excluding hydrogens is 214 g/mol. The maximum atomic E-state index is 11.2. The molecule has 0 spiro atoms. The van der Waals surface area contributed by atoms with Gasteiger partial charge in [-0.2, -0.15) is 0 Å². The number of carboxylic acid groups (broad SMARTS) is 1. The van der Waals surface area contributed by atoms with Gasteiger partial charge in [0.15, 0.2) is 0 Å². The standard InChI is InChI=1S/C9H15N3O4/c10-9(16)11-7(13)5-12-4-2-1-3-6(12)8(14)15/h6H,1-5H2,(H,14,15)(H3,10,11,13,16). The number of piperidine rings is 1. The average molecular weight is 229 g/mol. The van der Waals surface area contributed by atoms with Crippen LogP contribution in [0.2, 0.25) is 0 Å². The highest BCUT2D eigenvalue weighted by molar-refractivity contribution is 5.94. The molecule has 1 rings (SSSR count). The number of hydrogen-bond donors (Lipinski definition) is 3. The molecule has 1 fully saturated rings. The molecular formula is C9H15N3O4. The summed E-state index contributed by atoms with van der Waals surface area (Å²) < 4.78 is 0. The molecule has 1 saturated heterocycles. The van der Waals surface area contributed by atoms with Crippen molar-refractivity contribution in [3.8, 4) is 0 Å². The maximum absolute atomic E-state index is 11.2. The van der Waals surface area contributed by atoms with E-state index in [-0.39, 0.29) is 6.54 Å². The Labute approximate surface area is 92.6 Å². The maximum Gasteiger partial charge on any atom is 0.320 e. The van der Waals surface area contributed by atoms with Crippen LogP contribution in [0, 0.1) is 0 Å². The predicted octanol–water partition coefficient (Wildman–Crippen LogP) is -0.880. The second kappa shape index (κ2) is 5.45. The zero-order valence-electron chi connectivity index (χ0n) is 8.81. The molecule has 3 amide bonds. The molecule has 1 unspecified atom stereocenters. The molecule has 16 heavy (non-hydrogen) atoms. The number of nitrogens with one attached hydrogen (secondary N) is 1. The van der Waals surface area contributed by atoms with Crippen LogP contribution in [-0.4, -0.2) is 47.0 Å². The summed E-state index contributed by atoms with van der Waals surface area (Å²) in [4.78, 5) is 34.1. The van der Waals surface area contributed by atoms with Gasteiger partial charge in [0.25, 0.3) is 0 Å². The minimum Gasteiger partial charge on any atom is -0.480 e. The first-order valence-corrected chi connectivity index (χ1v) is 5.07. The largest absolute Gasteiger partial charge is 0.480 e. The van der Waals surface area contributed by atoms with Crippen LogP contribution in [0.3, 0.4) is 0 Å². The van der Waals surface area contributed by atoms with Crippen molar-refractivity contribution >= 4 is 17.9 Å². The van der Waals surface area contributed by atoms with Gasteiger partial charge in [0.2, 0.25) is 5.91 Å². The van der Waals surface area contributed by atoms with Gasteiger partial charge in [0.05, 0.1) is 6.54 Å². The summed E-state index contributed by atoms with van der Waals surface area (Å²) in [5.41, 5.74) is 4.79. The Morgan fingerprint density at radius 2 is 2.06 bits per heavy atom. The van der Waals surface area contributed by atoms with Gasteiger partial charge in [0, 0.05) is 0 Å². The van der Waals surface area contributed by atoms with Crippen LogP contribution in [0.1, 0.15) is 19.3 Å². The first-order chi connectivity index (χ1) is 7.50. The van der Waals surface area contributed by atoms with Gasteiger partial charge in [-0.05, 0) is 19.4 Å². The van der Waals surface area contributed by atoms with E-state index in [2.05, 4.69) is 0 Å². The zero-order valence-corrected chi connectivity index (χ0v) is 8.81. The van der Waals surface area contributed by atoms with E-state index in [0.717, 1.165) is 12.8 Å². The number of rotatable bonds is 3. The van der Waals surface area contributed by atoms with Crippen molar-refractivity contribution in [3.63, 3.8) is 0 Å². The molecule has 1 heterocycles. The number of likely N-dealkylation sites (tertiary alicyclic amines) is 1. The number of carbonyl (C=O) groups is 3. The van der Waals surface area contributed by atoms with Crippen molar-refractivity contribution in [3.05, 3.63) is 0 Å². The van der Waals surface area contributed by atoms with Crippen LogP contribution < -0.4 is 11.1 Å². The third-order valence-electron chi connectivity index (χ3n) is 2.51. The Balaban J connectivity index is 2.52. The van der Waals surface area contributed by atoms with Crippen molar-refractivity contribution in [2.24, 2.45) is 5.73 Å². The third-order valence-corrected chi connectivity index (χ3v) is 2.51. The van der Waals surface area contributed by atoms with Crippen LogP contribution >= 0.6 is 0 Å². The van der Waals surface area contributed by atoms with E-state index in [0.29, 0.717) is 13.0 Å². The Bertz CT molecular complexity index is 305. The molecule has 7 nitrogen and oxygen atoms in total. The summed E-state index contributed by atoms with van der Waals surface area (Å²) in [6.07, 6.45) is 2.22. The summed E-state index contributed by atoms with van der Waals surface area (Å²) >= 11 is 0. The van der Waals surface area contributed by atoms with Gasteiger partial charge in [0.1, 0.15) is 6.04 Å². The molecule has 0 aromatic carbocycles. The van der Waals surface area contributed by atoms with Crippen LogP contribution in [0.5, 0.6) is 0 Å². The van der Waals surface area contributed by atoms with Crippen LogP contribution in [-0.2, 0) is 9.59 Å². The predicted molar refractivity (Wildman–Crippen MR) is 54.6 cm³/mol.